The Kier molecular flexibility index (Phi) is 7.73. The van der Waals surface area contributed by atoms with Gasteiger partial charge in [0, 0.05) is 42.6 Å². The summed E-state index contributed by atoms with van der Waals surface area (Å²) >= 11 is 1.87. The molecule has 0 N–H and O–H groups in total. The van der Waals surface area contributed by atoms with Crippen LogP contribution in [-0.4, -0.2) is 0 Å². The molecule has 0 radical (unpaired) electrons. The van der Waals surface area contributed by atoms with E-state index in [9.17, 15) is 0 Å². The minimum atomic E-state index is -0.494. The molecule has 1 heterocycles. The van der Waals surface area contributed by atoms with Gasteiger partial charge in [0.15, 0.2) is 0 Å². The first-order chi connectivity index (χ1) is 29.5. The zero-order valence-electron chi connectivity index (χ0n) is 33.6. The number of hydrogen-bond acceptors (Lipinski definition) is 2. The monoisotopic (exact) mass is 783 g/mol. The summed E-state index contributed by atoms with van der Waals surface area (Å²) in [5.74, 6) is 0. The molecule has 9 aromatic carbocycles. The van der Waals surface area contributed by atoms with Crippen LogP contribution in [0.5, 0.6) is 0 Å². The van der Waals surface area contributed by atoms with Gasteiger partial charge in [0.05, 0.1) is 5.41 Å². The molecule has 1 aromatic heterocycles. The van der Waals surface area contributed by atoms with Crippen molar-refractivity contribution < 1.29 is 0 Å². The molecule has 0 fully saturated rings. The lowest BCUT2D eigenvalue weighted by Crippen LogP contribution is -2.28. The molecule has 2 aliphatic rings. The molecule has 0 amide bonds. The van der Waals surface area contributed by atoms with Crippen molar-refractivity contribution >= 4 is 48.6 Å². The molecule has 0 spiro atoms. The van der Waals surface area contributed by atoms with Crippen LogP contribution in [0.4, 0.5) is 17.1 Å². The molecule has 2 aliphatic carbocycles. The van der Waals surface area contributed by atoms with Gasteiger partial charge in [0.2, 0.25) is 0 Å². The Bertz CT molecular complexity index is 3240. The highest BCUT2D eigenvalue weighted by Crippen LogP contribution is 2.58. The van der Waals surface area contributed by atoms with E-state index in [0.29, 0.717) is 0 Å². The van der Waals surface area contributed by atoms with E-state index in [4.69, 9.17) is 0 Å². The third-order valence-corrected chi connectivity index (χ3v) is 14.5. The summed E-state index contributed by atoms with van der Waals surface area (Å²) in [6.45, 7) is 4.74. The van der Waals surface area contributed by atoms with Gasteiger partial charge < -0.3 is 4.90 Å². The van der Waals surface area contributed by atoms with Gasteiger partial charge in [-0.25, -0.2) is 0 Å². The van der Waals surface area contributed by atoms with E-state index in [1.165, 1.54) is 86.9 Å². The van der Waals surface area contributed by atoms with Crippen LogP contribution < -0.4 is 4.90 Å². The number of benzene rings is 9. The fourth-order valence-corrected chi connectivity index (χ4v) is 11.6. The topological polar surface area (TPSA) is 3.24 Å². The van der Waals surface area contributed by atoms with Gasteiger partial charge in [-0.1, -0.05) is 172 Å². The van der Waals surface area contributed by atoms with Gasteiger partial charge in [-0.05, 0) is 121 Å². The Balaban J connectivity index is 1.06. The minimum absolute atomic E-state index is 0.128. The van der Waals surface area contributed by atoms with Crippen molar-refractivity contribution in [2.75, 3.05) is 4.90 Å². The van der Waals surface area contributed by atoms with Crippen molar-refractivity contribution in [1.29, 1.82) is 0 Å². The zero-order chi connectivity index (χ0) is 40.0. The van der Waals surface area contributed by atoms with E-state index in [-0.39, 0.29) is 5.41 Å². The Labute approximate surface area is 355 Å². The highest BCUT2D eigenvalue weighted by molar-refractivity contribution is 7.25. The maximum Gasteiger partial charge on any atom is 0.0714 e. The van der Waals surface area contributed by atoms with E-state index < -0.39 is 5.41 Å². The third-order valence-electron chi connectivity index (χ3n) is 13.4. The number of anilines is 3. The molecule has 0 aliphatic heterocycles. The van der Waals surface area contributed by atoms with E-state index >= 15 is 0 Å². The average Bonchev–Trinajstić information content (AvgIpc) is 3.90. The summed E-state index contributed by atoms with van der Waals surface area (Å²) in [4.78, 5) is 2.47. The predicted octanol–water partition coefficient (Wildman–Crippen LogP) is 15.9. The van der Waals surface area contributed by atoms with Gasteiger partial charge in [-0.15, -0.1) is 11.3 Å². The molecule has 284 valence electrons. The quantitative estimate of drug-likeness (QED) is 0.162. The summed E-state index contributed by atoms with van der Waals surface area (Å²) < 4.78 is 2.66. The van der Waals surface area contributed by atoms with Crippen LogP contribution in [0, 0.1) is 0 Å². The molecule has 0 unspecified atom stereocenters. The van der Waals surface area contributed by atoms with E-state index in [0.717, 1.165) is 17.1 Å². The first-order valence-corrected chi connectivity index (χ1v) is 21.7. The highest BCUT2D eigenvalue weighted by Gasteiger charge is 2.46. The minimum Gasteiger partial charge on any atom is -0.310 e. The second-order valence-electron chi connectivity index (χ2n) is 16.8. The smallest absolute Gasteiger partial charge is 0.0714 e. The maximum absolute atomic E-state index is 2.48. The van der Waals surface area contributed by atoms with Crippen molar-refractivity contribution in [2.45, 2.75) is 24.7 Å². The highest BCUT2D eigenvalue weighted by atomic mass is 32.1. The molecule has 0 bridgehead atoms. The van der Waals surface area contributed by atoms with Crippen molar-refractivity contribution in [3.8, 4) is 33.4 Å². The van der Waals surface area contributed by atoms with Crippen LogP contribution in [-0.2, 0) is 10.8 Å². The lowest BCUT2D eigenvalue weighted by molar-refractivity contribution is 0.660. The molecule has 0 atom stereocenters. The first-order valence-electron chi connectivity index (χ1n) is 20.9. The Morgan fingerprint density at radius 2 is 0.850 bits per heavy atom. The summed E-state index contributed by atoms with van der Waals surface area (Å²) in [6, 6.07) is 79.3. The van der Waals surface area contributed by atoms with Crippen LogP contribution in [0.2, 0.25) is 0 Å². The zero-order valence-corrected chi connectivity index (χ0v) is 34.4. The molecule has 60 heavy (non-hydrogen) atoms. The van der Waals surface area contributed by atoms with Crippen molar-refractivity contribution in [3.63, 3.8) is 0 Å². The Morgan fingerprint density at radius 1 is 0.350 bits per heavy atom. The Morgan fingerprint density at radius 3 is 1.55 bits per heavy atom. The normalized spacial score (nSPS) is 14.1. The molecule has 10 aromatic rings. The summed E-state index contributed by atoms with van der Waals surface area (Å²) in [7, 11) is 0. The number of fused-ring (bicyclic) bond motifs is 9. The Hall–Kier alpha value is -7.00. The molecule has 1 nitrogen and oxygen atoms in total. The lowest BCUT2D eigenvalue weighted by Gasteiger charge is -2.35. The third kappa shape index (κ3) is 5.04. The largest absolute Gasteiger partial charge is 0.310 e. The molecule has 0 saturated heterocycles. The second-order valence-corrected chi connectivity index (χ2v) is 17.9. The molecule has 12 rings (SSSR count). The fourth-order valence-electron chi connectivity index (χ4n) is 10.6. The van der Waals surface area contributed by atoms with Crippen LogP contribution in [0.3, 0.4) is 0 Å². The van der Waals surface area contributed by atoms with Crippen LogP contribution in [0.1, 0.15) is 47.2 Å². The molecule has 0 saturated carbocycles. The van der Waals surface area contributed by atoms with Gasteiger partial charge in [0.1, 0.15) is 0 Å². The van der Waals surface area contributed by atoms with Crippen LogP contribution in [0.15, 0.2) is 212 Å². The average molecular weight is 784 g/mol. The second kappa shape index (κ2) is 13.3. The van der Waals surface area contributed by atoms with Crippen LogP contribution >= 0.6 is 11.3 Å². The predicted molar refractivity (Wildman–Crippen MR) is 254 cm³/mol. The first kappa shape index (κ1) is 35.0. The number of thiophene rings is 1. The van der Waals surface area contributed by atoms with Crippen molar-refractivity contribution in [2.24, 2.45) is 0 Å². The van der Waals surface area contributed by atoms with E-state index in [1.807, 2.05) is 11.3 Å². The summed E-state index contributed by atoms with van der Waals surface area (Å²) in [6.07, 6.45) is 0. The van der Waals surface area contributed by atoms with Crippen LogP contribution in [0.25, 0.3) is 53.6 Å². The molecule has 2 heteroatoms. The van der Waals surface area contributed by atoms with Gasteiger partial charge >= 0.3 is 0 Å². The van der Waals surface area contributed by atoms with E-state index in [2.05, 4.69) is 231 Å². The summed E-state index contributed by atoms with van der Waals surface area (Å²) in [5, 5.41) is 2.64. The number of rotatable bonds is 6. The molecular formula is C58H41NS. The van der Waals surface area contributed by atoms with Gasteiger partial charge in [-0.2, -0.15) is 0 Å². The summed E-state index contributed by atoms with van der Waals surface area (Å²) in [5.41, 5.74) is 18.3. The molecular weight excluding hydrogens is 743 g/mol. The lowest BCUT2D eigenvalue weighted by atomic mass is 9.67. The maximum atomic E-state index is 2.48. The SMILES string of the molecule is CC1(C)c2ccccc2-c2ccc(N(c3ccc(-c4ccc5sc6ccccc6c5c4)cc3)c3ccc4c(c3)C(c3ccccc3)(c3ccccc3)c3ccccc3-4)cc21. The standard InChI is InChI=1S/C58H41NS/c1-57(2)51-22-12-9-19-45(51)47-32-30-43(36-53(47)57)59(42-28-25-38(26-29-42)39-27-34-56-50(35-39)49-21-11-14-24-55(49)60-56)44-31-33-48-46-20-10-13-23-52(46)58(54(48)37-44,40-15-5-3-6-16-40)41-17-7-4-8-18-41/h3-37H,1-2H3. The number of nitrogens with zero attached hydrogens (tertiary/aromatic N) is 1. The number of hydrogen-bond donors (Lipinski definition) is 0. The van der Waals surface area contributed by atoms with Gasteiger partial charge in [0.25, 0.3) is 0 Å². The van der Waals surface area contributed by atoms with Crippen molar-refractivity contribution in [1.82, 2.24) is 0 Å². The fraction of sp³-hybridized carbons (Fsp3) is 0.0690. The van der Waals surface area contributed by atoms with Crippen molar-refractivity contribution in [3.05, 3.63) is 246 Å². The van der Waals surface area contributed by atoms with Gasteiger partial charge in [-0.3, -0.25) is 0 Å². The van der Waals surface area contributed by atoms with E-state index in [1.54, 1.807) is 0 Å².